The van der Waals surface area contributed by atoms with Crippen molar-refractivity contribution in [1.82, 2.24) is 0 Å². The summed E-state index contributed by atoms with van der Waals surface area (Å²) in [4.78, 5) is 23.7. The molecular weight excluding hydrogens is 296 g/mol. The number of carbonyl (C=O) groups is 2. The Labute approximate surface area is 127 Å². The topological polar surface area (TPSA) is 71.1 Å². The Morgan fingerprint density at radius 1 is 1.05 bits per heavy atom. The van der Waals surface area contributed by atoms with Gasteiger partial charge in [-0.15, -0.1) is 0 Å². The van der Waals surface area contributed by atoms with Crippen LogP contribution in [0.3, 0.4) is 0 Å². The van der Waals surface area contributed by atoms with Crippen molar-refractivity contribution in [3.63, 3.8) is 0 Å². The number of ether oxygens (including phenoxy) is 3. The highest BCUT2D eigenvalue weighted by Crippen LogP contribution is 2.21. The van der Waals surface area contributed by atoms with Gasteiger partial charge in [-0.1, -0.05) is 13.8 Å². The molecule has 0 aromatic heterocycles. The molecule has 0 spiro atoms. The smallest absolute Gasteiger partial charge is 0.425 e. The van der Waals surface area contributed by atoms with Gasteiger partial charge in [-0.05, 0) is 24.3 Å². The molecule has 0 radical (unpaired) electrons. The van der Waals surface area contributed by atoms with Crippen molar-refractivity contribution in [2.75, 3.05) is 7.11 Å². The molecule has 7 heteroatoms. The summed E-state index contributed by atoms with van der Waals surface area (Å²) in [5, 5.41) is 0. The second-order valence-electron chi connectivity index (χ2n) is 4.35. The molecule has 1 aromatic carbocycles. The molecule has 1 unspecified atom stereocenters. The Morgan fingerprint density at radius 3 is 2.19 bits per heavy atom. The molecule has 0 bridgehead atoms. The molecule has 6 nitrogen and oxygen atoms in total. The average Bonchev–Trinajstić information content (AvgIpc) is 2.40. The SMILES string of the molecule is COSc1ccc(OC(=O)OC(C)OC(=O)C(C)C)cc1. The summed E-state index contributed by atoms with van der Waals surface area (Å²) in [6.07, 6.45) is -1.94. The molecule has 0 aliphatic rings. The lowest BCUT2D eigenvalue weighted by Gasteiger charge is -2.15. The van der Waals surface area contributed by atoms with E-state index in [0.29, 0.717) is 5.75 Å². The summed E-state index contributed by atoms with van der Waals surface area (Å²) in [5.41, 5.74) is 0. The van der Waals surface area contributed by atoms with Crippen molar-refractivity contribution >= 4 is 24.2 Å². The molecule has 1 rings (SSSR count). The Bertz CT molecular complexity index is 471. The maximum absolute atomic E-state index is 11.5. The average molecular weight is 314 g/mol. The third kappa shape index (κ3) is 6.50. The molecular formula is C14H18O6S. The Morgan fingerprint density at radius 2 is 1.67 bits per heavy atom. The third-order valence-electron chi connectivity index (χ3n) is 2.22. The van der Waals surface area contributed by atoms with Crippen LogP contribution in [0.2, 0.25) is 0 Å². The van der Waals surface area contributed by atoms with E-state index < -0.39 is 18.4 Å². The molecule has 21 heavy (non-hydrogen) atoms. The van der Waals surface area contributed by atoms with Gasteiger partial charge in [0.25, 0.3) is 0 Å². The maximum atomic E-state index is 11.5. The fourth-order valence-corrected chi connectivity index (χ4v) is 1.68. The number of hydrogen-bond donors (Lipinski definition) is 0. The number of rotatable bonds is 6. The minimum atomic E-state index is -1.00. The van der Waals surface area contributed by atoms with Crippen LogP contribution in [0.25, 0.3) is 0 Å². The molecule has 0 amide bonds. The minimum Gasteiger partial charge on any atom is -0.425 e. The van der Waals surface area contributed by atoms with Crippen LogP contribution >= 0.6 is 12.0 Å². The number of hydrogen-bond acceptors (Lipinski definition) is 7. The quantitative estimate of drug-likeness (QED) is 0.345. The second kappa shape index (κ2) is 8.53. The highest BCUT2D eigenvalue weighted by Gasteiger charge is 2.17. The Balaban J connectivity index is 2.44. The van der Waals surface area contributed by atoms with E-state index in [4.69, 9.17) is 18.4 Å². The van der Waals surface area contributed by atoms with E-state index in [1.54, 1.807) is 45.2 Å². The van der Waals surface area contributed by atoms with Gasteiger partial charge in [0.2, 0.25) is 6.29 Å². The molecule has 0 saturated heterocycles. The molecule has 116 valence electrons. The lowest BCUT2D eigenvalue weighted by atomic mass is 10.2. The molecule has 1 aromatic rings. The van der Waals surface area contributed by atoms with E-state index in [0.717, 1.165) is 4.90 Å². The van der Waals surface area contributed by atoms with Gasteiger partial charge in [-0.2, -0.15) is 0 Å². The van der Waals surface area contributed by atoms with Crippen LogP contribution in [0, 0.1) is 5.92 Å². The predicted octanol–water partition coefficient (Wildman–Crippen LogP) is 3.40. The first kappa shape index (κ1) is 17.3. The normalized spacial score (nSPS) is 11.9. The minimum absolute atomic E-state index is 0.294. The van der Waals surface area contributed by atoms with Gasteiger partial charge < -0.3 is 18.4 Å². The predicted molar refractivity (Wildman–Crippen MR) is 76.8 cm³/mol. The molecule has 0 aliphatic carbocycles. The van der Waals surface area contributed by atoms with Crippen molar-refractivity contribution in [3.05, 3.63) is 24.3 Å². The first-order valence-electron chi connectivity index (χ1n) is 6.32. The summed E-state index contributed by atoms with van der Waals surface area (Å²) < 4.78 is 19.6. The molecule has 0 fully saturated rings. The summed E-state index contributed by atoms with van der Waals surface area (Å²) >= 11 is 1.19. The summed E-state index contributed by atoms with van der Waals surface area (Å²) in [7, 11) is 1.56. The zero-order chi connectivity index (χ0) is 15.8. The summed E-state index contributed by atoms with van der Waals surface area (Å²) in [6.45, 7) is 4.82. The monoisotopic (exact) mass is 314 g/mol. The van der Waals surface area contributed by atoms with Gasteiger partial charge in [0.15, 0.2) is 0 Å². The van der Waals surface area contributed by atoms with E-state index in [1.165, 1.54) is 19.0 Å². The van der Waals surface area contributed by atoms with E-state index in [-0.39, 0.29) is 5.92 Å². The van der Waals surface area contributed by atoms with E-state index in [9.17, 15) is 9.59 Å². The number of esters is 1. The largest absolute Gasteiger partial charge is 0.516 e. The van der Waals surface area contributed by atoms with Gasteiger partial charge in [-0.3, -0.25) is 4.79 Å². The molecule has 0 heterocycles. The van der Waals surface area contributed by atoms with E-state index in [2.05, 4.69) is 0 Å². The second-order valence-corrected chi connectivity index (χ2v) is 5.32. The first-order valence-corrected chi connectivity index (χ1v) is 7.06. The molecule has 0 saturated carbocycles. The standard InChI is InChI=1S/C14H18O6S/c1-9(2)13(15)18-10(3)19-14(16)20-11-5-7-12(8-6-11)21-17-4/h5-10H,1-4H3. The van der Waals surface area contributed by atoms with Crippen molar-refractivity contribution in [2.24, 2.45) is 5.92 Å². The highest BCUT2D eigenvalue weighted by molar-refractivity contribution is 7.94. The van der Waals surface area contributed by atoms with Crippen molar-refractivity contribution in [2.45, 2.75) is 32.0 Å². The van der Waals surface area contributed by atoms with Crippen LogP contribution in [-0.2, 0) is 18.5 Å². The first-order chi connectivity index (χ1) is 9.92. The van der Waals surface area contributed by atoms with Crippen LogP contribution in [0.15, 0.2) is 29.2 Å². The third-order valence-corrected chi connectivity index (χ3v) is 2.85. The zero-order valence-corrected chi connectivity index (χ0v) is 13.1. The van der Waals surface area contributed by atoms with Gasteiger partial charge in [-0.25, -0.2) is 4.79 Å². The lowest BCUT2D eigenvalue weighted by molar-refractivity contribution is -0.170. The number of carbonyl (C=O) groups excluding carboxylic acids is 2. The Kier molecular flexibility index (Phi) is 7.04. The van der Waals surface area contributed by atoms with Gasteiger partial charge >= 0.3 is 12.1 Å². The lowest BCUT2D eigenvalue weighted by Crippen LogP contribution is -2.25. The number of benzene rings is 1. The summed E-state index contributed by atoms with van der Waals surface area (Å²) in [5.74, 6) is -0.419. The van der Waals surface area contributed by atoms with Crippen LogP contribution in [-0.4, -0.2) is 25.5 Å². The molecule has 0 N–H and O–H groups in total. The van der Waals surface area contributed by atoms with Gasteiger partial charge in [0, 0.05) is 23.9 Å². The van der Waals surface area contributed by atoms with E-state index in [1.807, 2.05) is 0 Å². The van der Waals surface area contributed by atoms with Crippen LogP contribution in [0.4, 0.5) is 4.79 Å². The summed E-state index contributed by atoms with van der Waals surface area (Å²) in [6, 6.07) is 6.68. The van der Waals surface area contributed by atoms with Crippen molar-refractivity contribution in [1.29, 1.82) is 0 Å². The zero-order valence-electron chi connectivity index (χ0n) is 12.3. The molecule has 0 aliphatic heterocycles. The Hall–Kier alpha value is -1.73. The fraction of sp³-hybridized carbons (Fsp3) is 0.429. The van der Waals surface area contributed by atoms with Gasteiger partial charge in [0.05, 0.1) is 13.0 Å². The van der Waals surface area contributed by atoms with Crippen LogP contribution < -0.4 is 4.74 Å². The van der Waals surface area contributed by atoms with E-state index >= 15 is 0 Å². The van der Waals surface area contributed by atoms with Crippen molar-refractivity contribution < 1.29 is 28.0 Å². The fourth-order valence-electron chi connectivity index (χ4n) is 1.24. The van der Waals surface area contributed by atoms with Crippen molar-refractivity contribution in [3.8, 4) is 5.75 Å². The maximum Gasteiger partial charge on any atom is 0.516 e. The molecule has 1 atom stereocenters. The van der Waals surface area contributed by atoms with Crippen LogP contribution in [0.5, 0.6) is 5.75 Å². The van der Waals surface area contributed by atoms with Crippen LogP contribution in [0.1, 0.15) is 20.8 Å². The highest BCUT2D eigenvalue weighted by atomic mass is 32.2. The van der Waals surface area contributed by atoms with Gasteiger partial charge in [0.1, 0.15) is 5.75 Å².